The quantitative estimate of drug-likeness (QED) is 0.565. The molecular formula is C10H14F3N3O2S. The molecule has 0 saturated carbocycles. The lowest BCUT2D eigenvalue weighted by molar-refractivity contribution is -0.136. The minimum atomic E-state index is -4.53. The average Bonchev–Trinajstić information content (AvgIpc) is 2.23. The van der Waals surface area contributed by atoms with E-state index in [0.717, 1.165) is 6.07 Å². The second kappa shape index (κ2) is 5.66. The molecule has 108 valence electrons. The molecule has 0 heterocycles. The summed E-state index contributed by atoms with van der Waals surface area (Å²) in [4.78, 5) is 0. The smallest absolute Gasteiger partial charge is 0.399 e. The normalized spacial score (nSPS) is 12.4. The molecule has 0 spiro atoms. The maximum absolute atomic E-state index is 12.7. The topological polar surface area (TPSA) is 98.2 Å². The Morgan fingerprint density at radius 2 is 1.89 bits per heavy atom. The zero-order valence-electron chi connectivity index (χ0n) is 9.87. The number of primary sulfonamides is 1. The molecule has 1 rings (SSSR count). The molecule has 0 fully saturated rings. The highest BCUT2D eigenvalue weighted by molar-refractivity contribution is 7.89. The summed E-state index contributed by atoms with van der Waals surface area (Å²) in [5.74, 6) is -0.295. The Morgan fingerprint density at radius 1 is 1.26 bits per heavy atom. The van der Waals surface area contributed by atoms with Crippen molar-refractivity contribution in [3.05, 3.63) is 23.8 Å². The van der Waals surface area contributed by atoms with Crippen LogP contribution in [0.15, 0.2) is 18.2 Å². The molecule has 5 nitrogen and oxygen atoms in total. The third-order valence-corrected chi connectivity index (χ3v) is 3.13. The largest absolute Gasteiger partial charge is 0.418 e. The third kappa shape index (κ3) is 5.35. The molecule has 0 bridgehead atoms. The highest BCUT2D eigenvalue weighted by atomic mass is 32.2. The van der Waals surface area contributed by atoms with E-state index in [2.05, 4.69) is 5.32 Å². The number of rotatable bonds is 5. The molecule has 0 aliphatic heterocycles. The molecule has 1 aromatic rings. The van der Waals surface area contributed by atoms with Crippen LogP contribution in [0.25, 0.3) is 0 Å². The van der Waals surface area contributed by atoms with Crippen LogP contribution in [0.3, 0.4) is 0 Å². The van der Waals surface area contributed by atoms with E-state index in [4.69, 9.17) is 10.9 Å². The van der Waals surface area contributed by atoms with Crippen LogP contribution in [-0.2, 0) is 16.2 Å². The number of alkyl halides is 3. The molecule has 0 unspecified atom stereocenters. The van der Waals surface area contributed by atoms with Crippen LogP contribution >= 0.6 is 0 Å². The van der Waals surface area contributed by atoms with E-state index in [9.17, 15) is 21.6 Å². The van der Waals surface area contributed by atoms with Gasteiger partial charge in [-0.05, 0) is 24.6 Å². The van der Waals surface area contributed by atoms with Gasteiger partial charge in [0.15, 0.2) is 0 Å². The first-order chi connectivity index (χ1) is 8.59. The van der Waals surface area contributed by atoms with Gasteiger partial charge in [0, 0.05) is 17.9 Å². The van der Waals surface area contributed by atoms with Gasteiger partial charge >= 0.3 is 6.18 Å². The SMILES string of the molecule is Nc1ccc(NCCCS(N)(=O)=O)c(C(F)(F)F)c1. The van der Waals surface area contributed by atoms with Gasteiger partial charge in [-0.25, -0.2) is 13.6 Å². The van der Waals surface area contributed by atoms with Crippen LogP contribution in [0.1, 0.15) is 12.0 Å². The van der Waals surface area contributed by atoms with Crippen molar-refractivity contribution in [1.29, 1.82) is 0 Å². The Morgan fingerprint density at radius 3 is 2.42 bits per heavy atom. The molecule has 9 heteroatoms. The number of anilines is 2. The summed E-state index contributed by atoms with van der Waals surface area (Å²) >= 11 is 0. The van der Waals surface area contributed by atoms with Crippen LogP contribution in [0.5, 0.6) is 0 Å². The van der Waals surface area contributed by atoms with Gasteiger partial charge in [-0.2, -0.15) is 13.2 Å². The third-order valence-electron chi connectivity index (χ3n) is 2.27. The number of hydrogen-bond acceptors (Lipinski definition) is 4. The fraction of sp³-hybridized carbons (Fsp3) is 0.400. The maximum atomic E-state index is 12.7. The molecule has 0 atom stereocenters. The van der Waals surface area contributed by atoms with Gasteiger partial charge < -0.3 is 11.1 Å². The molecule has 0 aromatic heterocycles. The van der Waals surface area contributed by atoms with Crippen LogP contribution in [0.2, 0.25) is 0 Å². The zero-order chi connectivity index (χ0) is 14.7. The Kier molecular flexibility index (Phi) is 4.64. The number of benzene rings is 1. The number of nitrogen functional groups attached to an aromatic ring is 1. The summed E-state index contributed by atoms with van der Waals surface area (Å²) in [6.45, 7) is 0.0590. The summed E-state index contributed by atoms with van der Waals surface area (Å²) in [5.41, 5.74) is 4.29. The fourth-order valence-corrected chi connectivity index (χ4v) is 1.99. The molecule has 0 saturated heterocycles. The highest BCUT2D eigenvalue weighted by Crippen LogP contribution is 2.35. The van der Waals surface area contributed by atoms with Crippen molar-refractivity contribution >= 4 is 21.4 Å². The number of hydrogen-bond donors (Lipinski definition) is 3. The fourth-order valence-electron chi connectivity index (χ4n) is 1.45. The van der Waals surface area contributed by atoms with E-state index in [-0.39, 0.29) is 30.1 Å². The lowest BCUT2D eigenvalue weighted by Crippen LogP contribution is -2.19. The van der Waals surface area contributed by atoms with Gasteiger partial charge in [-0.15, -0.1) is 0 Å². The van der Waals surface area contributed by atoms with Crippen LogP contribution in [-0.4, -0.2) is 20.7 Å². The Hall–Kier alpha value is -1.48. The van der Waals surface area contributed by atoms with Crippen molar-refractivity contribution < 1.29 is 21.6 Å². The molecule has 19 heavy (non-hydrogen) atoms. The lowest BCUT2D eigenvalue weighted by Gasteiger charge is -2.15. The molecule has 0 aliphatic carbocycles. The summed E-state index contributed by atoms with van der Waals surface area (Å²) < 4.78 is 59.5. The van der Waals surface area contributed by atoms with Crippen molar-refractivity contribution in [2.24, 2.45) is 5.14 Å². The van der Waals surface area contributed by atoms with E-state index in [1.165, 1.54) is 12.1 Å². The first-order valence-electron chi connectivity index (χ1n) is 5.30. The standard InChI is InChI=1S/C10H14F3N3O2S/c11-10(12,13)8-6-7(14)2-3-9(8)16-4-1-5-19(15,17)18/h2-3,6,16H,1,4-5,14H2,(H2,15,17,18). The zero-order valence-corrected chi connectivity index (χ0v) is 10.7. The lowest BCUT2D eigenvalue weighted by atomic mass is 10.1. The predicted molar refractivity (Wildman–Crippen MR) is 66.9 cm³/mol. The van der Waals surface area contributed by atoms with Gasteiger partial charge in [0.05, 0.1) is 11.3 Å². The maximum Gasteiger partial charge on any atom is 0.418 e. The van der Waals surface area contributed by atoms with E-state index in [1.807, 2.05) is 0 Å². The monoisotopic (exact) mass is 297 g/mol. The second-order valence-electron chi connectivity index (χ2n) is 3.95. The van der Waals surface area contributed by atoms with Crippen LogP contribution < -0.4 is 16.2 Å². The molecule has 0 aliphatic rings. The molecule has 0 amide bonds. The average molecular weight is 297 g/mol. The molecular weight excluding hydrogens is 283 g/mol. The van der Waals surface area contributed by atoms with Crippen molar-refractivity contribution in [1.82, 2.24) is 0 Å². The molecule has 0 radical (unpaired) electrons. The Balaban J connectivity index is 2.73. The van der Waals surface area contributed by atoms with Gasteiger partial charge in [-0.3, -0.25) is 0 Å². The van der Waals surface area contributed by atoms with Crippen LogP contribution in [0, 0.1) is 0 Å². The van der Waals surface area contributed by atoms with Crippen molar-refractivity contribution in [3.8, 4) is 0 Å². The number of halogens is 3. The second-order valence-corrected chi connectivity index (χ2v) is 5.68. The molecule has 5 N–H and O–H groups in total. The number of sulfonamides is 1. The van der Waals surface area contributed by atoms with E-state index in [1.54, 1.807) is 0 Å². The van der Waals surface area contributed by atoms with Gasteiger partial charge in [0.2, 0.25) is 10.0 Å². The first kappa shape index (κ1) is 15.6. The summed E-state index contributed by atoms with van der Waals surface area (Å²) in [7, 11) is -3.61. The van der Waals surface area contributed by atoms with Crippen molar-refractivity contribution in [2.45, 2.75) is 12.6 Å². The number of nitrogens with two attached hydrogens (primary N) is 2. The predicted octanol–water partition coefficient (Wildman–Crippen LogP) is 1.38. The Labute approximate surface area is 108 Å². The minimum absolute atomic E-state index is 0.00223. The Bertz CT molecular complexity index is 543. The minimum Gasteiger partial charge on any atom is -0.399 e. The summed E-state index contributed by atoms with van der Waals surface area (Å²) in [6, 6.07) is 3.36. The van der Waals surface area contributed by atoms with Gasteiger partial charge in [0.25, 0.3) is 0 Å². The van der Waals surface area contributed by atoms with Gasteiger partial charge in [-0.1, -0.05) is 0 Å². The van der Waals surface area contributed by atoms with Gasteiger partial charge in [0.1, 0.15) is 0 Å². The van der Waals surface area contributed by atoms with E-state index >= 15 is 0 Å². The molecule has 1 aromatic carbocycles. The highest BCUT2D eigenvalue weighted by Gasteiger charge is 2.33. The number of nitrogens with one attached hydrogen (secondary N) is 1. The summed E-state index contributed by atoms with van der Waals surface area (Å²) in [6.07, 6.45) is -4.42. The van der Waals surface area contributed by atoms with Crippen LogP contribution in [0.4, 0.5) is 24.5 Å². The van der Waals surface area contributed by atoms with E-state index < -0.39 is 21.8 Å². The van der Waals surface area contributed by atoms with Crippen molar-refractivity contribution in [2.75, 3.05) is 23.3 Å². The summed E-state index contributed by atoms with van der Waals surface area (Å²) in [5, 5.41) is 7.31. The first-order valence-corrected chi connectivity index (χ1v) is 7.02. The van der Waals surface area contributed by atoms with Crippen molar-refractivity contribution in [3.63, 3.8) is 0 Å². The van der Waals surface area contributed by atoms with E-state index in [0.29, 0.717) is 0 Å².